The molecule has 0 fully saturated rings. The molecule has 1 unspecified atom stereocenters. The van der Waals surface area contributed by atoms with E-state index in [1.54, 1.807) is 19.2 Å². The van der Waals surface area contributed by atoms with Crippen molar-refractivity contribution in [2.75, 3.05) is 32.8 Å². The summed E-state index contributed by atoms with van der Waals surface area (Å²) >= 11 is 0. The fourth-order valence-electron chi connectivity index (χ4n) is 3.24. The topological polar surface area (TPSA) is 78.3 Å². The third-order valence-corrected chi connectivity index (χ3v) is 4.56. The maximum absolute atomic E-state index is 12.6. The number of hydrogen-bond donors (Lipinski definition) is 2. The largest absolute Gasteiger partial charge is 0.496 e. The molecule has 0 aromatic heterocycles. The predicted molar refractivity (Wildman–Crippen MR) is 104 cm³/mol. The van der Waals surface area contributed by atoms with Gasteiger partial charge in [-0.3, -0.25) is 9.59 Å². The van der Waals surface area contributed by atoms with Crippen LogP contribution < -0.4 is 24.4 Å². The molecule has 2 N–H and O–H groups in total. The van der Waals surface area contributed by atoms with Crippen molar-refractivity contribution in [1.82, 2.24) is 0 Å². The number of hydrogen-bond acceptors (Lipinski definition) is 5. The van der Waals surface area contributed by atoms with Crippen molar-refractivity contribution < 1.29 is 28.7 Å². The van der Waals surface area contributed by atoms with E-state index in [0.29, 0.717) is 29.3 Å². The van der Waals surface area contributed by atoms with E-state index in [1.807, 2.05) is 26.1 Å². The zero-order valence-corrected chi connectivity index (χ0v) is 16.5. The summed E-state index contributed by atoms with van der Waals surface area (Å²) in [5, 5.41) is 2.83. The van der Waals surface area contributed by atoms with Crippen LogP contribution in [0.3, 0.4) is 0 Å². The molecule has 7 nitrogen and oxygen atoms in total. The van der Waals surface area contributed by atoms with Crippen molar-refractivity contribution in [3.63, 3.8) is 0 Å². The normalized spacial score (nSPS) is 13.1. The second kappa shape index (κ2) is 8.31. The van der Waals surface area contributed by atoms with Crippen LogP contribution in [0, 0.1) is 6.92 Å². The number of Topliss-reactive ketones (excluding diaryl/α,β-unsaturated/α-hetero) is 1. The van der Waals surface area contributed by atoms with Gasteiger partial charge >= 0.3 is 0 Å². The zero-order chi connectivity index (χ0) is 20.3. The van der Waals surface area contributed by atoms with Crippen molar-refractivity contribution in [1.29, 1.82) is 0 Å². The van der Waals surface area contributed by atoms with E-state index in [-0.39, 0.29) is 25.0 Å². The van der Waals surface area contributed by atoms with Gasteiger partial charge in [-0.2, -0.15) is 0 Å². The van der Waals surface area contributed by atoms with Gasteiger partial charge in [-0.15, -0.1) is 0 Å². The van der Waals surface area contributed by atoms with Crippen LogP contribution in [0.25, 0.3) is 0 Å². The number of rotatable bonds is 7. The number of carbonyl (C=O) groups is 2. The molecular weight excluding hydrogens is 360 g/mol. The van der Waals surface area contributed by atoms with Crippen LogP contribution >= 0.6 is 0 Å². The molecule has 0 spiro atoms. The minimum absolute atomic E-state index is 0.106. The molecule has 7 heteroatoms. The Hall–Kier alpha value is -3.06. The van der Waals surface area contributed by atoms with Crippen LogP contribution in [0.1, 0.15) is 28.4 Å². The van der Waals surface area contributed by atoms with Crippen LogP contribution in [0.5, 0.6) is 17.2 Å². The van der Waals surface area contributed by atoms with E-state index < -0.39 is 0 Å². The van der Waals surface area contributed by atoms with Crippen LogP contribution in [0.2, 0.25) is 0 Å². The number of anilines is 1. The maximum Gasteiger partial charge on any atom is 0.279 e. The number of ketones is 1. The van der Waals surface area contributed by atoms with Crippen LogP contribution in [0.4, 0.5) is 5.69 Å². The smallest absolute Gasteiger partial charge is 0.279 e. The summed E-state index contributed by atoms with van der Waals surface area (Å²) in [6.45, 7) is 4.46. The Morgan fingerprint density at radius 3 is 2.57 bits per heavy atom. The fraction of sp³-hybridized carbons (Fsp3) is 0.333. The number of amides is 1. The molecule has 1 heterocycles. The van der Waals surface area contributed by atoms with Gasteiger partial charge in [0.05, 0.1) is 19.8 Å². The highest BCUT2D eigenvalue weighted by Crippen LogP contribution is 2.37. The Morgan fingerprint density at radius 2 is 1.89 bits per heavy atom. The standard InChI is InChI=1S/C21H24N2O5/c1-13-5-6-18(26-4)15(7-13)10-23(3)11-21(25)22-17-9-20-19(27-12-28-20)8-16(17)14(2)24/h5-9H,10-12H2,1-4H3,(H,22,25)/p+1. The Kier molecular flexibility index (Phi) is 5.84. The first-order valence-corrected chi connectivity index (χ1v) is 9.06. The number of benzene rings is 2. The van der Waals surface area contributed by atoms with Gasteiger partial charge in [-0.05, 0) is 32.0 Å². The second-order valence-electron chi connectivity index (χ2n) is 6.98. The molecule has 1 aliphatic heterocycles. The van der Waals surface area contributed by atoms with Gasteiger partial charge in [-0.1, -0.05) is 11.6 Å². The van der Waals surface area contributed by atoms with E-state index in [0.717, 1.165) is 21.8 Å². The van der Waals surface area contributed by atoms with Crippen molar-refractivity contribution in [2.24, 2.45) is 0 Å². The van der Waals surface area contributed by atoms with Crippen molar-refractivity contribution >= 4 is 17.4 Å². The number of likely N-dealkylation sites (N-methyl/N-ethyl adjacent to an activating group) is 1. The molecule has 0 saturated heterocycles. The van der Waals surface area contributed by atoms with E-state index in [4.69, 9.17) is 14.2 Å². The van der Waals surface area contributed by atoms with Gasteiger partial charge in [0.1, 0.15) is 12.3 Å². The summed E-state index contributed by atoms with van der Waals surface area (Å²) in [6, 6.07) is 9.23. The highest BCUT2D eigenvalue weighted by molar-refractivity contribution is 6.04. The maximum atomic E-state index is 12.6. The summed E-state index contributed by atoms with van der Waals surface area (Å²) < 4.78 is 16.1. The number of fused-ring (bicyclic) bond motifs is 1. The Labute approximate surface area is 164 Å². The van der Waals surface area contributed by atoms with E-state index in [2.05, 4.69) is 11.4 Å². The summed E-state index contributed by atoms with van der Waals surface area (Å²) in [7, 11) is 3.58. The van der Waals surface area contributed by atoms with Crippen LogP contribution in [-0.4, -0.2) is 39.2 Å². The first-order chi connectivity index (χ1) is 13.4. The molecule has 0 aliphatic carbocycles. The van der Waals surface area contributed by atoms with E-state index in [1.165, 1.54) is 6.92 Å². The van der Waals surface area contributed by atoms with Gasteiger partial charge in [0, 0.05) is 17.2 Å². The molecule has 0 radical (unpaired) electrons. The number of quaternary nitrogens is 1. The lowest BCUT2D eigenvalue weighted by atomic mass is 10.1. The number of methoxy groups -OCH3 is 1. The average molecular weight is 385 g/mol. The Morgan fingerprint density at radius 1 is 1.18 bits per heavy atom. The van der Waals surface area contributed by atoms with Crippen molar-refractivity contribution in [3.05, 3.63) is 47.0 Å². The Bertz CT molecular complexity index is 910. The van der Waals surface area contributed by atoms with Crippen LogP contribution in [0.15, 0.2) is 30.3 Å². The van der Waals surface area contributed by atoms with Crippen molar-refractivity contribution in [3.8, 4) is 17.2 Å². The molecule has 148 valence electrons. The number of ether oxygens (including phenoxy) is 3. The van der Waals surface area contributed by atoms with Gasteiger partial charge < -0.3 is 24.4 Å². The van der Waals surface area contributed by atoms with Crippen molar-refractivity contribution in [2.45, 2.75) is 20.4 Å². The van der Waals surface area contributed by atoms with E-state index in [9.17, 15) is 9.59 Å². The highest BCUT2D eigenvalue weighted by Gasteiger charge is 2.21. The molecule has 0 bridgehead atoms. The second-order valence-corrected chi connectivity index (χ2v) is 6.98. The molecule has 28 heavy (non-hydrogen) atoms. The lowest BCUT2D eigenvalue weighted by molar-refractivity contribution is -0.885. The first-order valence-electron chi connectivity index (χ1n) is 9.06. The predicted octanol–water partition coefficient (Wildman–Crippen LogP) is 1.59. The molecular formula is C21H25N2O5+. The summed E-state index contributed by atoms with van der Waals surface area (Å²) in [5.74, 6) is 1.49. The van der Waals surface area contributed by atoms with Gasteiger partial charge in [0.15, 0.2) is 23.8 Å². The van der Waals surface area contributed by atoms with Gasteiger partial charge in [0.2, 0.25) is 6.79 Å². The van der Waals surface area contributed by atoms with Gasteiger partial charge in [0.25, 0.3) is 5.91 Å². The molecule has 2 aromatic rings. The lowest BCUT2D eigenvalue weighted by Gasteiger charge is -2.17. The quantitative estimate of drug-likeness (QED) is 0.708. The summed E-state index contributed by atoms with van der Waals surface area (Å²) in [5.41, 5.74) is 3.01. The minimum Gasteiger partial charge on any atom is -0.496 e. The minimum atomic E-state index is -0.189. The summed E-state index contributed by atoms with van der Waals surface area (Å²) in [4.78, 5) is 25.5. The number of aryl methyl sites for hydroxylation is 1. The third-order valence-electron chi connectivity index (χ3n) is 4.56. The molecule has 1 amide bonds. The molecule has 2 aromatic carbocycles. The third kappa shape index (κ3) is 4.43. The van der Waals surface area contributed by atoms with E-state index >= 15 is 0 Å². The Balaban J connectivity index is 1.69. The number of nitrogens with one attached hydrogen (secondary N) is 2. The molecule has 0 saturated carbocycles. The highest BCUT2D eigenvalue weighted by atomic mass is 16.7. The molecule has 1 atom stereocenters. The number of carbonyl (C=O) groups excluding carboxylic acids is 2. The van der Waals surface area contributed by atoms with Crippen LogP contribution in [-0.2, 0) is 11.3 Å². The molecule has 3 rings (SSSR count). The monoisotopic (exact) mass is 385 g/mol. The SMILES string of the molecule is COc1ccc(C)cc1C[NH+](C)CC(=O)Nc1cc2c(cc1C(C)=O)OCO2. The molecule has 1 aliphatic rings. The van der Waals surface area contributed by atoms with Gasteiger partial charge in [-0.25, -0.2) is 0 Å². The fourth-order valence-corrected chi connectivity index (χ4v) is 3.24. The summed E-state index contributed by atoms with van der Waals surface area (Å²) in [6.07, 6.45) is 0. The average Bonchev–Trinajstić information content (AvgIpc) is 3.08. The zero-order valence-electron chi connectivity index (χ0n) is 16.5. The lowest BCUT2D eigenvalue weighted by Crippen LogP contribution is -3.08. The first kappa shape index (κ1) is 19.7.